The summed E-state index contributed by atoms with van der Waals surface area (Å²) in [6.45, 7) is 0. The molecule has 0 aliphatic heterocycles. The second-order valence-electron chi connectivity index (χ2n) is 9.21. The summed E-state index contributed by atoms with van der Waals surface area (Å²) < 4.78 is 26.6. The molecule has 2 N–H and O–H groups in total. The van der Waals surface area contributed by atoms with E-state index >= 15 is 0 Å². The Morgan fingerprint density at radius 2 is 1.03 bits per heavy atom. The van der Waals surface area contributed by atoms with E-state index in [1.54, 1.807) is 24.3 Å². The van der Waals surface area contributed by atoms with E-state index in [0.29, 0.717) is 11.4 Å². The first kappa shape index (κ1) is 23.5. The highest BCUT2D eigenvalue weighted by molar-refractivity contribution is 7.91. The number of benzene rings is 2. The van der Waals surface area contributed by atoms with Crippen LogP contribution in [0.15, 0.2) is 58.3 Å². The van der Waals surface area contributed by atoms with Crippen molar-refractivity contribution in [2.45, 2.75) is 74.0 Å². The van der Waals surface area contributed by atoms with E-state index in [9.17, 15) is 18.0 Å². The highest BCUT2D eigenvalue weighted by Crippen LogP contribution is 2.29. The van der Waals surface area contributed by atoms with Crippen LogP contribution in [0.25, 0.3) is 0 Å². The van der Waals surface area contributed by atoms with Gasteiger partial charge in [0.15, 0.2) is 0 Å². The van der Waals surface area contributed by atoms with Crippen molar-refractivity contribution in [3.8, 4) is 0 Å². The van der Waals surface area contributed by atoms with Crippen LogP contribution in [-0.4, -0.2) is 20.2 Å². The van der Waals surface area contributed by atoms with Gasteiger partial charge in [0.1, 0.15) is 0 Å². The van der Waals surface area contributed by atoms with Crippen molar-refractivity contribution >= 4 is 33.0 Å². The fraction of sp³-hybridized carbons (Fsp3) is 0.462. The zero-order valence-electron chi connectivity index (χ0n) is 18.9. The number of hydrogen-bond donors (Lipinski definition) is 2. The van der Waals surface area contributed by atoms with Crippen molar-refractivity contribution in [1.29, 1.82) is 0 Å². The Morgan fingerprint density at radius 3 is 1.42 bits per heavy atom. The van der Waals surface area contributed by atoms with E-state index < -0.39 is 9.84 Å². The molecule has 6 nitrogen and oxygen atoms in total. The molecule has 2 aliphatic carbocycles. The number of carbonyl (C=O) groups is 2. The van der Waals surface area contributed by atoms with Crippen LogP contribution < -0.4 is 10.6 Å². The van der Waals surface area contributed by atoms with Gasteiger partial charge < -0.3 is 10.6 Å². The minimum absolute atomic E-state index is 0.0107. The number of anilines is 2. The first-order chi connectivity index (χ1) is 15.9. The zero-order chi connectivity index (χ0) is 23.3. The highest BCUT2D eigenvalue weighted by atomic mass is 32.2. The van der Waals surface area contributed by atoms with Crippen LogP contribution in [0.4, 0.5) is 11.4 Å². The number of sulfone groups is 1. The topological polar surface area (TPSA) is 92.3 Å². The van der Waals surface area contributed by atoms with Crippen LogP contribution >= 0.6 is 0 Å². The van der Waals surface area contributed by atoms with Crippen LogP contribution in [0.1, 0.15) is 64.2 Å². The predicted molar refractivity (Wildman–Crippen MR) is 129 cm³/mol. The summed E-state index contributed by atoms with van der Waals surface area (Å²) in [4.78, 5) is 25.4. The van der Waals surface area contributed by atoms with Crippen LogP contribution in [0.3, 0.4) is 0 Å². The molecule has 33 heavy (non-hydrogen) atoms. The third-order valence-electron chi connectivity index (χ3n) is 6.78. The molecule has 0 atom stereocenters. The Labute approximate surface area is 196 Å². The molecule has 176 valence electrons. The van der Waals surface area contributed by atoms with Gasteiger partial charge in [-0.25, -0.2) is 8.42 Å². The monoisotopic (exact) mass is 468 g/mol. The van der Waals surface area contributed by atoms with Gasteiger partial charge in [-0.1, -0.05) is 50.7 Å². The SMILES string of the molecule is O=C(Nc1cccc(S(=O)(=O)c2cccc(NC(=O)C3CCCCC3)c2)c1)C1CCCCC1. The highest BCUT2D eigenvalue weighted by Gasteiger charge is 2.24. The summed E-state index contributed by atoms with van der Waals surface area (Å²) in [5, 5.41) is 5.78. The van der Waals surface area contributed by atoms with E-state index in [1.807, 2.05) is 0 Å². The lowest BCUT2D eigenvalue weighted by atomic mass is 9.88. The molecule has 0 aromatic heterocycles. The van der Waals surface area contributed by atoms with Crippen molar-refractivity contribution in [1.82, 2.24) is 0 Å². The van der Waals surface area contributed by atoms with Gasteiger partial charge in [0.05, 0.1) is 9.79 Å². The zero-order valence-corrected chi connectivity index (χ0v) is 19.7. The number of hydrogen-bond acceptors (Lipinski definition) is 4. The van der Waals surface area contributed by atoms with Gasteiger partial charge in [0.25, 0.3) is 0 Å². The molecule has 2 fully saturated rings. The molecular formula is C26H32N2O4S. The lowest BCUT2D eigenvalue weighted by Crippen LogP contribution is -2.25. The largest absolute Gasteiger partial charge is 0.326 e. The van der Waals surface area contributed by atoms with E-state index in [0.717, 1.165) is 64.2 Å². The van der Waals surface area contributed by atoms with E-state index in [4.69, 9.17) is 0 Å². The van der Waals surface area contributed by atoms with Crippen molar-refractivity contribution < 1.29 is 18.0 Å². The molecule has 7 heteroatoms. The molecule has 0 heterocycles. The summed E-state index contributed by atoms with van der Waals surface area (Å²) >= 11 is 0. The fourth-order valence-corrected chi connectivity index (χ4v) is 6.19. The van der Waals surface area contributed by atoms with Gasteiger partial charge in [-0.05, 0) is 62.1 Å². The van der Waals surface area contributed by atoms with Gasteiger partial charge in [0, 0.05) is 23.2 Å². The minimum Gasteiger partial charge on any atom is -0.326 e. The number of nitrogens with one attached hydrogen (secondary N) is 2. The van der Waals surface area contributed by atoms with Crippen LogP contribution in [-0.2, 0) is 19.4 Å². The Hall–Kier alpha value is -2.67. The van der Waals surface area contributed by atoms with Crippen LogP contribution in [0, 0.1) is 11.8 Å². The van der Waals surface area contributed by atoms with Crippen LogP contribution in [0.5, 0.6) is 0 Å². The van der Waals surface area contributed by atoms with Gasteiger partial charge in [-0.15, -0.1) is 0 Å². The Morgan fingerprint density at radius 1 is 0.636 bits per heavy atom. The molecule has 0 radical (unpaired) electrons. The molecule has 0 bridgehead atoms. The molecule has 2 saturated carbocycles. The first-order valence-electron chi connectivity index (χ1n) is 12.0. The smallest absolute Gasteiger partial charge is 0.227 e. The molecule has 2 aromatic rings. The van der Waals surface area contributed by atoms with E-state index in [-0.39, 0.29) is 33.4 Å². The average Bonchev–Trinajstić information content (AvgIpc) is 2.85. The van der Waals surface area contributed by atoms with Gasteiger partial charge in [-0.3, -0.25) is 9.59 Å². The lowest BCUT2D eigenvalue weighted by Gasteiger charge is -2.21. The second-order valence-corrected chi connectivity index (χ2v) is 11.2. The predicted octanol–water partition coefficient (Wildman–Crippen LogP) is 5.56. The molecule has 0 saturated heterocycles. The lowest BCUT2D eigenvalue weighted by molar-refractivity contribution is -0.121. The third kappa shape index (κ3) is 5.82. The van der Waals surface area contributed by atoms with Crippen molar-refractivity contribution in [2.75, 3.05) is 10.6 Å². The summed E-state index contributed by atoms with van der Waals surface area (Å²) in [6.07, 6.45) is 10.1. The summed E-state index contributed by atoms with van der Waals surface area (Å²) in [6, 6.07) is 12.8. The third-order valence-corrected chi connectivity index (χ3v) is 8.52. The number of amides is 2. The standard InChI is InChI=1S/C26H32N2O4S/c29-25(19-9-3-1-4-10-19)27-21-13-7-15-23(17-21)33(31,32)24-16-8-14-22(18-24)28-26(30)20-11-5-2-6-12-20/h7-8,13-20H,1-6,9-12H2,(H,27,29)(H,28,30). The van der Waals surface area contributed by atoms with E-state index in [2.05, 4.69) is 10.6 Å². The molecule has 2 amide bonds. The maximum absolute atomic E-state index is 13.3. The fourth-order valence-electron chi connectivity index (χ4n) is 4.84. The average molecular weight is 469 g/mol. The summed E-state index contributed by atoms with van der Waals surface area (Å²) in [5.74, 6) is -0.111. The van der Waals surface area contributed by atoms with Gasteiger partial charge in [-0.2, -0.15) is 0 Å². The molecule has 0 unspecified atom stereocenters. The Balaban J connectivity index is 1.48. The van der Waals surface area contributed by atoms with E-state index in [1.165, 1.54) is 24.3 Å². The van der Waals surface area contributed by atoms with Gasteiger partial charge >= 0.3 is 0 Å². The normalized spacial score (nSPS) is 17.9. The maximum Gasteiger partial charge on any atom is 0.227 e. The first-order valence-corrected chi connectivity index (χ1v) is 13.5. The van der Waals surface area contributed by atoms with Crippen molar-refractivity contribution in [3.05, 3.63) is 48.5 Å². The number of carbonyl (C=O) groups excluding carboxylic acids is 2. The number of rotatable bonds is 6. The molecule has 4 rings (SSSR count). The quantitative estimate of drug-likeness (QED) is 0.581. The van der Waals surface area contributed by atoms with Crippen LogP contribution in [0.2, 0.25) is 0 Å². The Bertz CT molecular complexity index is 1020. The summed E-state index contributed by atoms with van der Waals surface area (Å²) in [7, 11) is -3.81. The maximum atomic E-state index is 13.3. The minimum atomic E-state index is -3.81. The summed E-state index contributed by atoms with van der Waals surface area (Å²) in [5.41, 5.74) is 0.960. The van der Waals surface area contributed by atoms with Crippen molar-refractivity contribution in [3.63, 3.8) is 0 Å². The van der Waals surface area contributed by atoms with Crippen molar-refractivity contribution in [2.24, 2.45) is 11.8 Å². The molecule has 2 aliphatic rings. The molecule has 0 spiro atoms. The Kier molecular flexibility index (Phi) is 7.48. The molecular weight excluding hydrogens is 436 g/mol. The second kappa shape index (κ2) is 10.5. The van der Waals surface area contributed by atoms with Gasteiger partial charge in [0.2, 0.25) is 21.7 Å². The molecule has 2 aromatic carbocycles.